The lowest BCUT2D eigenvalue weighted by Gasteiger charge is -2.20. The number of anilines is 2. The lowest BCUT2D eigenvalue weighted by Crippen LogP contribution is -2.11. The second-order valence-electron chi connectivity index (χ2n) is 4.71. The number of aryl methyl sites for hydroxylation is 1. The van der Waals surface area contributed by atoms with Gasteiger partial charge in [0.2, 0.25) is 0 Å². The van der Waals surface area contributed by atoms with E-state index in [0.29, 0.717) is 0 Å². The molecule has 0 aromatic heterocycles. The molecule has 0 bridgehead atoms. The normalized spacial score (nSPS) is 10.2. The van der Waals surface area contributed by atoms with Crippen LogP contribution in [0.25, 0.3) is 11.1 Å². The summed E-state index contributed by atoms with van der Waals surface area (Å²) in [5, 5.41) is 3.32. The van der Waals surface area contributed by atoms with Crippen LogP contribution in [-0.2, 0) is 0 Å². The molecule has 0 amide bonds. The van der Waals surface area contributed by atoms with E-state index in [9.17, 15) is 0 Å². The molecule has 0 fully saturated rings. The summed E-state index contributed by atoms with van der Waals surface area (Å²) in [6, 6.07) is 15.0. The van der Waals surface area contributed by atoms with Gasteiger partial charge in [0.15, 0.2) is 0 Å². The highest BCUT2D eigenvalue weighted by molar-refractivity contribution is 5.87. The van der Waals surface area contributed by atoms with Crippen molar-refractivity contribution in [1.82, 2.24) is 0 Å². The Morgan fingerprint density at radius 1 is 0.944 bits per heavy atom. The van der Waals surface area contributed by atoms with Crippen molar-refractivity contribution in [2.45, 2.75) is 6.92 Å². The highest BCUT2D eigenvalue weighted by atomic mass is 15.1. The third-order valence-corrected chi connectivity index (χ3v) is 3.14. The molecule has 0 aliphatic heterocycles. The largest absolute Gasteiger partial charge is 0.386 e. The minimum Gasteiger partial charge on any atom is -0.386 e. The van der Waals surface area contributed by atoms with Gasteiger partial charge in [0, 0.05) is 26.7 Å². The summed E-state index contributed by atoms with van der Waals surface area (Å²) in [5.41, 5.74) is 6.15. The van der Waals surface area contributed by atoms with Crippen molar-refractivity contribution >= 4 is 11.4 Å². The lowest BCUT2D eigenvalue weighted by molar-refractivity contribution is 1.13. The number of benzene rings is 2. The molecule has 0 atom stereocenters. The maximum Gasteiger partial charge on any atom is 0.0654 e. The number of hydrogen-bond acceptors (Lipinski definition) is 2. The van der Waals surface area contributed by atoms with Gasteiger partial charge in [-0.15, -0.1) is 0 Å². The van der Waals surface area contributed by atoms with E-state index in [1.54, 1.807) is 0 Å². The fraction of sp³-hybridized carbons (Fsp3) is 0.250. The van der Waals surface area contributed by atoms with Crippen molar-refractivity contribution < 1.29 is 0 Å². The van der Waals surface area contributed by atoms with Gasteiger partial charge >= 0.3 is 0 Å². The zero-order valence-electron chi connectivity index (χ0n) is 11.5. The highest BCUT2D eigenvalue weighted by Gasteiger charge is 2.09. The first-order valence-electron chi connectivity index (χ1n) is 6.18. The van der Waals surface area contributed by atoms with Crippen molar-refractivity contribution in [3.63, 3.8) is 0 Å². The van der Waals surface area contributed by atoms with Crippen molar-refractivity contribution in [2.24, 2.45) is 0 Å². The standard InChI is InChI=1S/C16H20N2/c1-12-8-10-13(11-9-12)14-6-5-7-15(18(3)4)16(14)17-2/h5-11,17H,1-4H3. The van der Waals surface area contributed by atoms with E-state index in [4.69, 9.17) is 0 Å². The van der Waals surface area contributed by atoms with Gasteiger partial charge in [0.05, 0.1) is 11.4 Å². The average molecular weight is 240 g/mol. The molecule has 0 radical (unpaired) electrons. The Morgan fingerprint density at radius 2 is 1.61 bits per heavy atom. The molecule has 0 saturated heterocycles. The van der Waals surface area contributed by atoms with Crippen LogP contribution < -0.4 is 10.2 Å². The van der Waals surface area contributed by atoms with Crippen molar-refractivity contribution in [3.8, 4) is 11.1 Å². The van der Waals surface area contributed by atoms with Crippen LogP contribution in [0.4, 0.5) is 11.4 Å². The maximum atomic E-state index is 3.32. The first-order chi connectivity index (χ1) is 8.63. The topological polar surface area (TPSA) is 15.3 Å². The summed E-state index contributed by atoms with van der Waals surface area (Å²) in [4.78, 5) is 2.13. The van der Waals surface area contributed by atoms with E-state index >= 15 is 0 Å². The summed E-state index contributed by atoms with van der Waals surface area (Å²) < 4.78 is 0. The predicted octanol–water partition coefficient (Wildman–Crippen LogP) is 3.77. The highest BCUT2D eigenvalue weighted by Crippen LogP contribution is 2.35. The van der Waals surface area contributed by atoms with Crippen LogP contribution in [0.5, 0.6) is 0 Å². The van der Waals surface area contributed by atoms with Gasteiger partial charge in [0.1, 0.15) is 0 Å². The van der Waals surface area contributed by atoms with Crippen LogP contribution >= 0.6 is 0 Å². The second kappa shape index (κ2) is 5.13. The predicted molar refractivity (Wildman–Crippen MR) is 80.5 cm³/mol. The van der Waals surface area contributed by atoms with Gasteiger partial charge in [-0.1, -0.05) is 42.0 Å². The van der Waals surface area contributed by atoms with Gasteiger partial charge in [-0.3, -0.25) is 0 Å². The summed E-state index contributed by atoms with van der Waals surface area (Å²) in [7, 11) is 6.10. The molecular weight excluding hydrogens is 220 g/mol. The SMILES string of the molecule is CNc1c(-c2ccc(C)cc2)cccc1N(C)C. The number of para-hydroxylation sites is 1. The molecule has 2 aromatic rings. The van der Waals surface area contributed by atoms with Gasteiger partial charge in [-0.25, -0.2) is 0 Å². The fourth-order valence-corrected chi connectivity index (χ4v) is 2.15. The maximum absolute atomic E-state index is 3.32. The van der Waals surface area contributed by atoms with Crippen LogP contribution in [0.3, 0.4) is 0 Å². The Kier molecular flexibility index (Phi) is 3.56. The van der Waals surface area contributed by atoms with Crippen LogP contribution in [-0.4, -0.2) is 21.1 Å². The third-order valence-electron chi connectivity index (χ3n) is 3.14. The molecule has 2 heteroatoms. The van der Waals surface area contributed by atoms with E-state index in [1.807, 2.05) is 7.05 Å². The Labute approximate surface area is 109 Å². The number of nitrogens with zero attached hydrogens (tertiary/aromatic N) is 1. The van der Waals surface area contributed by atoms with E-state index in [1.165, 1.54) is 28.1 Å². The quantitative estimate of drug-likeness (QED) is 0.878. The number of hydrogen-bond donors (Lipinski definition) is 1. The van der Waals surface area contributed by atoms with Crippen LogP contribution in [0, 0.1) is 6.92 Å². The zero-order valence-corrected chi connectivity index (χ0v) is 11.5. The van der Waals surface area contributed by atoms with E-state index in [2.05, 4.69) is 73.7 Å². The first kappa shape index (κ1) is 12.5. The molecule has 0 aliphatic carbocycles. The molecule has 2 nitrogen and oxygen atoms in total. The number of rotatable bonds is 3. The zero-order chi connectivity index (χ0) is 13.1. The first-order valence-corrected chi connectivity index (χ1v) is 6.18. The molecule has 94 valence electrons. The Balaban J connectivity index is 2.57. The monoisotopic (exact) mass is 240 g/mol. The summed E-state index contributed by atoms with van der Waals surface area (Å²) in [6.45, 7) is 2.11. The van der Waals surface area contributed by atoms with Crippen LogP contribution in [0.1, 0.15) is 5.56 Å². The molecule has 2 rings (SSSR count). The fourth-order valence-electron chi connectivity index (χ4n) is 2.15. The van der Waals surface area contributed by atoms with Crippen molar-refractivity contribution in [2.75, 3.05) is 31.4 Å². The second-order valence-corrected chi connectivity index (χ2v) is 4.71. The van der Waals surface area contributed by atoms with E-state index in [0.717, 1.165) is 0 Å². The van der Waals surface area contributed by atoms with Crippen LogP contribution in [0.2, 0.25) is 0 Å². The molecule has 0 aliphatic rings. The Morgan fingerprint density at radius 3 is 2.17 bits per heavy atom. The Bertz CT molecular complexity index is 527. The molecule has 1 N–H and O–H groups in total. The summed E-state index contributed by atoms with van der Waals surface area (Å²) >= 11 is 0. The lowest BCUT2D eigenvalue weighted by atomic mass is 10.0. The van der Waals surface area contributed by atoms with Crippen molar-refractivity contribution in [1.29, 1.82) is 0 Å². The molecule has 0 heterocycles. The number of nitrogens with one attached hydrogen (secondary N) is 1. The van der Waals surface area contributed by atoms with Crippen molar-refractivity contribution in [3.05, 3.63) is 48.0 Å². The molecular formula is C16H20N2. The van der Waals surface area contributed by atoms with Crippen LogP contribution in [0.15, 0.2) is 42.5 Å². The van der Waals surface area contributed by atoms with E-state index in [-0.39, 0.29) is 0 Å². The molecule has 0 spiro atoms. The average Bonchev–Trinajstić information content (AvgIpc) is 2.38. The van der Waals surface area contributed by atoms with Gasteiger partial charge < -0.3 is 10.2 Å². The summed E-state index contributed by atoms with van der Waals surface area (Å²) in [6.07, 6.45) is 0. The van der Waals surface area contributed by atoms with Gasteiger partial charge in [0.25, 0.3) is 0 Å². The molecule has 18 heavy (non-hydrogen) atoms. The molecule has 0 saturated carbocycles. The molecule has 2 aromatic carbocycles. The smallest absolute Gasteiger partial charge is 0.0654 e. The Hall–Kier alpha value is -1.96. The molecule has 0 unspecified atom stereocenters. The summed E-state index contributed by atoms with van der Waals surface area (Å²) in [5.74, 6) is 0. The minimum atomic E-state index is 1.17. The third kappa shape index (κ3) is 2.33. The van der Waals surface area contributed by atoms with Gasteiger partial charge in [-0.05, 0) is 18.6 Å². The van der Waals surface area contributed by atoms with E-state index < -0.39 is 0 Å². The van der Waals surface area contributed by atoms with Gasteiger partial charge in [-0.2, -0.15) is 0 Å². The minimum absolute atomic E-state index is 1.17.